The van der Waals surface area contributed by atoms with Crippen molar-refractivity contribution in [2.45, 2.75) is 26.5 Å². The van der Waals surface area contributed by atoms with Crippen LogP contribution in [0, 0.1) is 5.92 Å². The summed E-state index contributed by atoms with van der Waals surface area (Å²) in [6, 6.07) is 3.85. The molecule has 1 rings (SSSR count). The lowest BCUT2D eigenvalue weighted by Crippen LogP contribution is -2.44. The van der Waals surface area contributed by atoms with E-state index in [1.165, 1.54) is 0 Å². The summed E-state index contributed by atoms with van der Waals surface area (Å²) in [6.45, 7) is 3.36. The third-order valence-electron chi connectivity index (χ3n) is 2.56. The predicted molar refractivity (Wildman–Crippen MR) is 76.0 cm³/mol. The minimum absolute atomic E-state index is 0.0207. The normalized spacial score (nSPS) is 12.1. The number of benzene rings is 1. The van der Waals surface area contributed by atoms with Gasteiger partial charge in [0.05, 0.1) is 10.0 Å². The Kier molecular flexibility index (Phi) is 6.10. The maximum Gasteiger partial charge on any atom is 0.408 e. The maximum absolute atomic E-state index is 11.5. The van der Waals surface area contributed by atoms with E-state index in [9.17, 15) is 9.59 Å². The zero-order valence-electron chi connectivity index (χ0n) is 11.0. The van der Waals surface area contributed by atoms with Crippen LogP contribution in [0.2, 0.25) is 10.0 Å². The highest BCUT2D eigenvalue weighted by atomic mass is 35.5. The molecule has 20 heavy (non-hydrogen) atoms. The van der Waals surface area contributed by atoms with Gasteiger partial charge in [-0.05, 0) is 23.6 Å². The summed E-state index contributed by atoms with van der Waals surface area (Å²) in [5.41, 5.74) is 0.658. The molecule has 0 radical (unpaired) electrons. The lowest BCUT2D eigenvalue weighted by Gasteiger charge is -2.17. The van der Waals surface area contributed by atoms with E-state index < -0.39 is 18.1 Å². The summed E-state index contributed by atoms with van der Waals surface area (Å²) in [5.74, 6) is -1.35. The van der Waals surface area contributed by atoms with Gasteiger partial charge in [0.15, 0.2) is 0 Å². The van der Waals surface area contributed by atoms with Crippen LogP contribution in [-0.4, -0.2) is 23.2 Å². The second-order valence-electron chi connectivity index (χ2n) is 4.53. The Hall–Kier alpha value is -1.46. The Morgan fingerprint density at radius 2 is 1.95 bits per heavy atom. The summed E-state index contributed by atoms with van der Waals surface area (Å²) >= 11 is 11.6. The van der Waals surface area contributed by atoms with Gasteiger partial charge in [0, 0.05) is 0 Å². The van der Waals surface area contributed by atoms with Crippen molar-refractivity contribution < 1.29 is 19.4 Å². The highest BCUT2D eigenvalue weighted by Crippen LogP contribution is 2.22. The average molecular weight is 320 g/mol. The van der Waals surface area contributed by atoms with Crippen molar-refractivity contribution in [3.63, 3.8) is 0 Å². The number of carbonyl (C=O) groups excluding carboxylic acids is 1. The number of carbonyl (C=O) groups is 2. The Labute approximate surface area is 126 Å². The molecule has 0 unspecified atom stereocenters. The number of alkyl carbamates (subject to hydrolysis) is 1. The topological polar surface area (TPSA) is 75.6 Å². The van der Waals surface area contributed by atoms with E-state index in [1.54, 1.807) is 32.0 Å². The van der Waals surface area contributed by atoms with Crippen LogP contribution in [0.3, 0.4) is 0 Å². The highest BCUT2D eigenvalue weighted by Gasteiger charge is 2.23. The van der Waals surface area contributed by atoms with Crippen LogP contribution >= 0.6 is 23.2 Å². The summed E-state index contributed by atoms with van der Waals surface area (Å²) in [5, 5.41) is 12.0. The zero-order chi connectivity index (χ0) is 15.3. The quantitative estimate of drug-likeness (QED) is 0.872. The van der Waals surface area contributed by atoms with Gasteiger partial charge in [0.1, 0.15) is 12.6 Å². The number of halogens is 2. The molecule has 5 nitrogen and oxygen atoms in total. The molecule has 0 aliphatic heterocycles. The van der Waals surface area contributed by atoms with Crippen LogP contribution in [0.5, 0.6) is 0 Å². The Morgan fingerprint density at radius 1 is 1.30 bits per heavy atom. The molecule has 0 spiro atoms. The van der Waals surface area contributed by atoms with Gasteiger partial charge in [-0.2, -0.15) is 0 Å². The molecule has 7 heteroatoms. The molecule has 110 valence electrons. The number of rotatable bonds is 5. The number of amides is 1. The van der Waals surface area contributed by atoms with Crippen LogP contribution in [0.4, 0.5) is 4.79 Å². The minimum atomic E-state index is -1.11. The fourth-order valence-electron chi connectivity index (χ4n) is 1.46. The lowest BCUT2D eigenvalue weighted by atomic mass is 10.1. The van der Waals surface area contributed by atoms with E-state index in [-0.39, 0.29) is 12.5 Å². The Morgan fingerprint density at radius 3 is 2.45 bits per heavy atom. The van der Waals surface area contributed by atoms with Gasteiger partial charge >= 0.3 is 12.1 Å². The Bertz CT molecular complexity index is 505. The van der Waals surface area contributed by atoms with Crippen molar-refractivity contribution in [3.8, 4) is 0 Å². The third kappa shape index (κ3) is 4.90. The van der Waals surface area contributed by atoms with Gasteiger partial charge in [-0.15, -0.1) is 0 Å². The molecule has 1 aromatic rings. The van der Waals surface area contributed by atoms with Crippen molar-refractivity contribution in [2.75, 3.05) is 0 Å². The minimum Gasteiger partial charge on any atom is -0.480 e. The summed E-state index contributed by atoms with van der Waals surface area (Å²) in [7, 11) is 0. The molecule has 1 aromatic carbocycles. The fourth-order valence-corrected chi connectivity index (χ4v) is 1.78. The Balaban J connectivity index is 2.54. The first-order valence-corrected chi connectivity index (χ1v) is 6.67. The van der Waals surface area contributed by atoms with E-state index in [0.29, 0.717) is 15.6 Å². The van der Waals surface area contributed by atoms with Crippen molar-refractivity contribution in [1.29, 1.82) is 0 Å². The van der Waals surface area contributed by atoms with Crippen molar-refractivity contribution in [2.24, 2.45) is 5.92 Å². The van der Waals surface area contributed by atoms with Crippen molar-refractivity contribution in [1.82, 2.24) is 5.32 Å². The lowest BCUT2D eigenvalue weighted by molar-refractivity contribution is -0.140. The molecule has 0 aliphatic rings. The fraction of sp³-hybridized carbons (Fsp3) is 0.385. The number of ether oxygens (including phenoxy) is 1. The molecule has 0 heterocycles. The number of aliphatic carboxylic acids is 1. The molecule has 0 aromatic heterocycles. The molecular weight excluding hydrogens is 305 g/mol. The zero-order valence-corrected chi connectivity index (χ0v) is 12.5. The van der Waals surface area contributed by atoms with Gasteiger partial charge < -0.3 is 15.2 Å². The smallest absolute Gasteiger partial charge is 0.408 e. The average Bonchev–Trinajstić information content (AvgIpc) is 2.36. The molecule has 0 saturated carbocycles. The summed E-state index contributed by atoms with van der Waals surface area (Å²) < 4.78 is 4.94. The molecule has 1 amide bonds. The number of carboxylic acid groups (broad SMARTS) is 1. The van der Waals surface area contributed by atoms with Crippen LogP contribution in [0.25, 0.3) is 0 Å². The van der Waals surface area contributed by atoms with Gasteiger partial charge in [-0.25, -0.2) is 9.59 Å². The van der Waals surface area contributed by atoms with Gasteiger partial charge in [0.25, 0.3) is 0 Å². The molecule has 1 atom stereocenters. The first-order valence-electron chi connectivity index (χ1n) is 5.91. The third-order valence-corrected chi connectivity index (χ3v) is 3.30. The number of hydrogen-bond donors (Lipinski definition) is 2. The maximum atomic E-state index is 11.5. The van der Waals surface area contributed by atoms with Crippen LogP contribution in [-0.2, 0) is 16.1 Å². The van der Waals surface area contributed by atoms with Gasteiger partial charge in [-0.1, -0.05) is 43.1 Å². The predicted octanol–water partition coefficient (Wildman–Crippen LogP) is 3.33. The van der Waals surface area contributed by atoms with Crippen molar-refractivity contribution in [3.05, 3.63) is 33.8 Å². The largest absolute Gasteiger partial charge is 0.480 e. The van der Waals surface area contributed by atoms with Crippen LogP contribution in [0.15, 0.2) is 18.2 Å². The second kappa shape index (κ2) is 7.36. The van der Waals surface area contributed by atoms with Crippen molar-refractivity contribution >= 4 is 35.3 Å². The van der Waals surface area contributed by atoms with E-state index in [2.05, 4.69) is 5.32 Å². The SMILES string of the molecule is CC(C)[C@H](NC(=O)OCc1ccc(Cl)c(Cl)c1)C(=O)O. The van der Waals surface area contributed by atoms with E-state index in [0.717, 1.165) is 0 Å². The van der Waals surface area contributed by atoms with Crippen LogP contribution in [0.1, 0.15) is 19.4 Å². The summed E-state index contributed by atoms with van der Waals surface area (Å²) in [4.78, 5) is 22.5. The molecule has 0 bridgehead atoms. The first-order chi connectivity index (χ1) is 9.31. The summed E-state index contributed by atoms with van der Waals surface area (Å²) in [6.07, 6.45) is -0.794. The van der Waals surface area contributed by atoms with E-state index >= 15 is 0 Å². The van der Waals surface area contributed by atoms with E-state index in [4.69, 9.17) is 33.0 Å². The van der Waals surface area contributed by atoms with E-state index in [1.807, 2.05) is 0 Å². The van der Waals surface area contributed by atoms with Gasteiger partial charge in [0.2, 0.25) is 0 Å². The highest BCUT2D eigenvalue weighted by molar-refractivity contribution is 6.42. The molecular formula is C13H15Cl2NO4. The number of carboxylic acids is 1. The van der Waals surface area contributed by atoms with Crippen LogP contribution < -0.4 is 5.32 Å². The standard InChI is InChI=1S/C13H15Cl2NO4/c1-7(2)11(12(17)18)16-13(19)20-6-8-3-4-9(14)10(15)5-8/h3-5,7,11H,6H2,1-2H3,(H,16,19)(H,17,18)/t11-/m0/s1. The molecule has 0 saturated heterocycles. The molecule has 0 fully saturated rings. The molecule has 2 N–H and O–H groups in total. The number of nitrogens with one attached hydrogen (secondary N) is 1. The molecule has 0 aliphatic carbocycles. The van der Waals surface area contributed by atoms with Gasteiger partial charge in [-0.3, -0.25) is 0 Å². The second-order valence-corrected chi connectivity index (χ2v) is 5.34. The number of hydrogen-bond acceptors (Lipinski definition) is 3. The first kappa shape index (κ1) is 16.6. The monoisotopic (exact) mass is 319 g/mol.